The molecule has 0 aromatic heterocycles. The lowest BCUT2D eigenvalue weighted by Crippen LogP contribution is -2.20. The smallest absolute Gasteiger partial charge is 0.0414 e. The minimum atomic E-state index is -1.08. The first-order chi connectivity index (χ1) is 7.27. The molecule has 0 saturated carbocycles. The highest BCUT2D eigenvalue weighted by Gasteiger charge is 1.75. The van der Waals surface area contributed by atoms with Crippen molar-refractivity contribution in [3.63, 3.8) is 0 Å². The van der Waals surface area contributed by atoms with E-state index >= 15 is 0 Å². The number of hydrogen-bond donors (Lipinski definition) is 0. The molecule has 0 spiro atoms. The summed E-state index contributed by atoms with van der Waals surface area (Å²) in [5, 5.41) is 27.9. The van der Waals surface area contributed by atoms with Gasteiger partial charge in [0.2, 0.25) is 0 Å². The summed E-state index contributed by atoms with van der Waals surface area (Å²) < 4.78 is 0. The third-order valence-electron chi connectivity index (χ3n) is 0.908. The van der Waals surface area contributed by atoms with Crippen molar-refractivity contribution in [2.45, 2.75) is 46.5 Å². The van der Waals surface area contributed by atoms with Crippen LogP contribution >= 0.6 is 0 Å². The fraction of sp³-hybridized carbons (Fsp3) is 0.700. The normalized spacial score (nSPS) is 7.69. The Balaban J connectivity index is -0.000000162. The van der Waals surface area contributed by atoms with E-state index in [-0.39, 0.29) is 12.8 Å². The third kappa shape index (κ3) is 83.1. The lowest BCUT2D eigenvalue weighted by molar-refractivity contribution is -0.307. The molecule has 0 aliphatic carbocycles. The summed E-state index contributed by atoms with van der Waals surface area (Å²) in [5.41, 5.74) is 0. The van der Waals surface area contributed by atoms with E-state index < -0.39 is 17.9 Å². The zero-order chi connectivity index (χ0) is 13.6. The molecule has 16 heavy (non-hydrogen) atoms. The van der Waals surface area contributed by atoms with Gasteiger partial charge in [0.05, 0.1) is 0 Å². The van der Waals surface area contributed by atoms with Gasteiger partial charge in [-0.15, -0.1) is 0 Å². The number of hydrogen-bond acceptors (Lipinski definition) is 6. The quantitative estimate of drug-likeness (QED) is 0.544. The lowest BCUT2D eigenvalue weighted by atomic mass is 10.4. The predicted octanol–water partition coefficient (Wildman–Crippen LogP) is -2.17. The first-order valence-electron chi connectivity index (χ1n) is 4.85. The maximum absolute atomic E-state index is 9.49. The molecule has 6 nitrogen and oxygen atoms in total. The highest BCUT2D eigenvalue weighted by Crippen LogP contribution is 1.79. The van der Waals surface area contributed by atoms with Crippen LogP contribution in [0.15, 0.2) is 0 Å². The molecule has 0 fully saturated rings. The average Bonchev–Trinajstić information content (AvgIpc) is 2.02. The Morgan fingerprint density at radius 2 is 1.00 bits per heavy atom. The van der Waals surface area contributed by atoms with E-state index in [4.69, 9.17) is 9.90 Å². The van der Waals surface area contributed by atoms with Crippen LogP contribution in [0.2, 0.25) is 0 Å². The second-order valence-electron chi connectivity index (χ2n) is 2.74. The van der Waals surface area contributed by atoms with Crippen LogP contribution in [0.4, 0.5) is 0 Å². The lowest BCUT2D eigenvalue weighted by Gasteiger charge is -1.92. The summed E-state index contributed by atoms with van der Waals surface area (Å²) >= 11 is 0. The first-order valence-corrected chi connectivity index (χ1v) is 4.85. The maximum Gasteiger partial charge on any atom is 0.0414 e. The van der Waals surface area contributed by atoms with Gasteiger partial charge in [0.1, 0.15) is 0 Å². The summed E-state index contributed by atoms with van der Waals surface area (Å²) in [5.74, 6) is -3.00. The molecule has 0 aliphatic rings. The first kappa shape index (κ1) is 19.9. The van der Waals surface area contributed by atoms with Gasteiger partial charge in [-0.05, 0) is 19.8 Å². The molecule has 96 valence electrons. The zero-order valence-electron chi connectivity index (χ0n) is 9.78. The Morgan fingerprint density at radius 1 is 0.812 bits per heavy atom. The Kier molecular flexibility index (Phi) is 19.7. The maximum atomic E-state index is 9.49. The van der Waals surface area contributed by atoms with Crippen LogP contribution in [-0.2, 0) is 14.4 Å². The predicted molar refractivity (Wildman–Crippen MR) is 50.5 cm³/mol. The molecule has 6 heteroatoms. The van der Waals surface area contributed by atoms with Crippen molar-refractivity contribution in [2.75, 3.05) is 0 Å². The van der Waals surface area contributed by atoms with E-state index in [2.05, 4.69) is 0 Å². The van der Waals surface area contributed by atoms with Gasteiger partial charge in [-0.25, -0.2) is 0 Å². The highest BCUT2D eigenvalue weighted by atomic mass is 16.4. The Bertz CT molecular complexity index is 179. The topological polar surface area (TPSA) is 120 Å². The van der Waals surface area contributed by atoms with Crippen molar-refractivity contribution in [1.29, 1.82) is 0 Å². The summed E-state index contributed by atoms with van der Waals surface area (Å²) in [6.45, 7) is 4.58. The van der Waals surface area contributed by atoms with Gasteiger partial charge >= 0.3 is 0 Å². The van der Waals surface area contributed by atoms with E-state index in [0.29, 0.717) is 12.8 Å². The van der Waals surface area contributed by atoms with Gasteiger partial charge in [-0.3, -0.25) is 0 Å². The fourth-order valence-electron chi connectivity index (χ4n) is 0.408. The van der Waals surface area contributed by atoms with Gasteiger partial charge in [-0.1, -0.05) is 26.7 Å². The SMILES string of the molecule is CC(=O)[O-].CCCC(=O)[O-].CCCC(=O)[O-]. The van der Waals surface area contributed by atoms with Crippen molar-refractivity contribution in [2.24, 2.45) is 0 Å². The van der Waals surface area contributed by atoms with Crippen LogP contribution in [0.1, 0.15) is 46.5 Å². The fourth-order valence-corrected chi connectivity index (χ4v) is 0.408. The Hall–Kier alpha value is -1.59. The van der Waals surface area contributed by atoms with Crippen LogP contribution in [0.5, 0.6) is 0 Å². The standard InChI is InChI=1S/2C4H8O2.C2H4O2/c2*1-2-3-4(5)6;1-2(3)4/h2*2-3H2,1H3,(H,5,6);1H3,(H,3,4)/p-3. The number of carboxylic acids is 3. The van der Waals surface area contributed by atoms with Crippen molar-refractivity contribution in [3.8, 4) is 0 Å². The summed E-state index contributed by atoms with van der Waals surface area (Å²) in [7, 11) is 0. The second-order valence-corrected chi connectivity index (χ2v) is 2.74. The van der Waals surface area contributed by atoms with E-state index in [1.165, 1.54) is 0 Å². The van der Waals surface area contributed by atoms with E-state index in [1.807, 2.05) is 0 Å². The largest absolute Gasteiger partial charge is 0.550 e. The molecule has 0 rings (SSSR count). The van der Waals surface area contributed by atoms with Crippen LogP contribution in [0.3, 0.4) is 0 Å². The summed E-state index contributed by atoms with van der Waals surface area (Å²) in [6.07, 6.45) is 1.70. The monoisotopic (exact) mass is 233 g/mol. The molecular weight excluding hydrogens is 216 g/mol. The van der Waals surface area contributed by atoms with Crippen molar-refractivity contribution in [1.82, 2.24) is 0 Å². The van der Waals surface area contributed by atoms with Crippen molar-refractivity contribution >= 4 is 17.9 Å². The Labute approximate surface area is 94.9 Å². The molecule has 0 saturated heterocycles. The number of carbonyl (C=O) groups excluding carboxylic acids is 3. The molecule has 0 radical (unpaired) electrons. The molecule has 0 bridgehead atoms. The van der Waals surface area contributed by atoms with Crippen molar-refractivity contribution < 1.29 is 29.7 Å². The molecule has 0 aliphatic heterocycles. The molecule has 0 aromatic carbocycles. The van der Waals surface area contributed by atoms with Crippen LogP contribution in [-0.4, -0.2) is 17.9 Å². The van der Waals surface area contributed by atoms with E-state index in [0.717, 1.165) is 6.92 Å². The number of carbonyl (C=O) groups is 3. The second kappa shape index (κ2) is 15.9. The van der Waals surface area contributed by atoms with Gasteiger partial charge in [0.15, 0.2) is 0 Å². The summed E-state index contributed by atoms with van der Waals surface area (Å²) in [4.78, 5) is 27.9. The minimum absolute atomic E-state index is 0.181. The van der Waals surface area contributed by atoms with Gasteiger partial charge in [0, 0.05) is 17.9 Å². The van der Waals surface area contributed by atoms with E-state index in [1.54, 1.807) is 13.8 Å². The van der Waals surface area contributed by atoms with Crippen molar-refractivity contribution in [3.05, 3.63) is 0 Å². The molecule has 0 atom stereocenters. The third-order valence-corrected chi connectivity index (χ3v) is 0.908. The molecule has 0 amide bonds. The Morgan fingerprint density at radius 3 is 1.00 bits per heavy atom. The number of aliphatic carboxylic acids is 3. The van der Waals surface area contributed by atoms with Gasteiger partial charge in [-0.2, -0.15) is 0 Å². The molecule has 0 heterocycles. The van der Waals surface area contributed by atoms with E-state index in [9.17, 15) is 19.8 Å². The van der Waals surface area contributed by atoms with Crippen LogP contribution in [0.25, 0.3) is 0 Å². The zero-order valence-corrected chi connectivity index (χ0v) is 9.78. The summed E-state index contributed by atoms with van der Waals surface area (Å²) in [6, 6.07) is 0. The molecule has 0 unspecified atom stereocenters. The van der Waals surface area contributed by atoms with Gasteiger partial charge in [0.25, 0.3) is 0 Å². The average molecular weight is 233 g/mol. The molecular formula is C10H17O6-3. The number of rotatable bonds is 4. The van der Waals surface area contributed by atoms with Gasteiger partial charge < -0.3 is 29.7 Å². The minimum Gasteiger partial charge on any atom is -0.550 e. The van der Waals surface area contributed by atoms with Crippen LogP contribution < -0.4 is 15.3 Å². The van der Waals surface area contributed by atoms with Crippen LogP contribution in [0, 0.1) is 0 Å². The molecule has 0 aromatic rings. The highest BCUT2D eigenvalue weighted by molar-refractivity contribution is 5.64. The molecule has 0 N–H and O–H groups in total. The number of carboxylic acid groups (broad SMARTS) is 3.